The zero-order chi connectivity index (χ0) is 18.0. The molecule has 0 aromatic rings. The van der Waals surface area contributed by atoms with Gasteiger partial charge in [0.1, 0.15) is 0 Å². The van der Waals surface area contributed by atoms with Crippen molar-refractivity contribution in [2.45, 2.75) is 67.2 Å². The lowest BCUT2D eigenvalue weighted by atomic mass is 10.0. The van der Waals surface area contributed by atoms with Gasteiger partial charge in [-0.15, -0.1) is 0 Å². The summed E-state index contributed by atoms with van der Waals surface area (Å²) in [5.74, 6) is 0.529. The van der Waals surface area contributed by atoms with E-state index in [0.717, 1.165) is 25.9 Å². The fourth-order valence-electron chi connectivity index (χ4n) is 2.69. The monoisotopic (exact) mass is 326 g/mol. The van der Waals surface area contributed by atoms with Crippen LogP contribution in [0.4, 0.5) is 0 Å². The SMILES string of the molecule is CC.CC.CC1CN(C(=O)CCCCN2C(=O)CC(C)C2=O)C1. The minimum atomic E-state index is -0.170. The predicted octanol–water partition coefficient (Wildman–Crippen LogP) is 3.08. The Morgan fingerprint density at radius 2 is 1.61 bits per heavy atom. The molecular formula is C18H34N2O3. The number of amides is 3. The molecule has 2 aliphatic heterocycles. The number of carbonyl (C=O) groups excluding carboxylic acids is 3. The molecule has 3 amide bonds. The van der Waals surface area contributed by atoms with Crippen molar-refractivity contribution in [2.24, 2.45) is 11.8 Å². The van der Waals surface area contributed by atoms with Gasteiger partial charge in [0.15, 0.2) is 0 Å². The molecule has 5 heteroatoms. The molecule has 2 heterocycles. The van der Waals surface area contributed by atoms with Crippen LogP contribution in [-0.2, 0) is 14.4 Å². The Bertz CT molecular complexity index is 390. The number of rotatable bonds is 5. The number of nitrogens with zero attached hydrogens (tertiary/aromatic N) is 2. The Hall–Kier alpha value is -1.39. The summed E-state index contributed by atoms with van der Waals surface area (Å²) in [6, 6.07) is 0. The van der Waals surface area contributed by atoms with Gasteiger partial charge in [0, 0.05) is 38.4 Å². The van der Waals surface area contributed by atoms with Crippen LogP contribution < -0.4 is 0 Å². The Balaban J connectivity index is 0.00000112. The highest BCUT2D eigenvalue weighted by Gasteiger charge is 2.34. The first-order valence-corrected chi connectivity index (χ1v) is 9.11. The molecule has 0 N–H and O–H groups in total. The van der Waals surface area contributed by atoms with Crippen LogP contribution >= 0.6 is 0 Å². The maximum Gasteiger partial charge on any atom is 0.232 e. The molecule has 0 spiro atoms. The summed E-state index contributed by atoms with van der Waals surface area (Å²) in [7, 11) is 0. The molecule has 2 aliphatic rings. The molecule has 5 nitrogen and oxygen atoms in total. The lowest BCUT2D eigenvalue weighted by Crippen LogP contribution is -2.48. The van der Waals surface area contributed by atoms with E-state index in [1.807, 2.05) is 32.6 Å². The van der Waals surface area contributed by atoms with Gasteiger partial charge in [0.2, 0.25) is 17.7 Å². The van der Waals surface area contributed by atoms with Gasteiger partial charge in [0.05, 0.1) is 0 Å². The minimum Gasteiger partial charge on any atom is -0.342 e. The van der Waals surface area contributed by atoms with Crippen LogP contribution in [0.25, 0.3) is 0 Å². The average molecular weight is 326 g/mol. The van der Waals surface area contributed by atoms with E-state index in [-0.39, 0.29) is 23.6 Å². The molecule has 134 valence electrons. The van der Waals surface area contributed by atoms with Gasteiger partial charge in [-0.25, -0.2) is 0 Å². The third-order valence-corrected chi connectivity index (χ3v) is 3.91. The lowest BCUT2D eigenvalue weighted by Gasteiger charge is -2.37. The predicted molar refractivity (Wildman–Crippen MR) is 92.8 cm³/mol. The molecule has 2 saturated heterocycles. The van der Waals surface area contributed by atoms with Crippen molar-refractivity contribution < 1.29 is 14.4 Å². The third kappa shape index (κ3) is 6.32. The topological polar surface area (TPSA) is 57.7 Å². The van der Waals surface area contributed by atoms with Gasteiger partial charge < -0.3 is 4.90 Å². The first-order valence-electron chi connectivity index (χ1n) is 9.11. The van der Waals surface area contributed by atoms with E-state index in [1.165, 1.54) is 4.90 Å². The molecule has 0 radical (unpaired) electrons. The highest BCUT2D eigenvalue weighted by Crippen LogP contribution is 2.20. The van der Waals surface area contributed by atoms with Crippen molar-refractivity contribution >= 4 is 17.7 Å². The van der Waals surface area contributed by atoms with Crippen LogP contribution in [0.1, 0.15) is 67.2 Å². The molecule has 0 aromatic carbocycles. The average Bonchev–Trinajstić information content (AvgIpc) is 2.78. The first-order chi connectivity index (χ1) is 11.0. The highest BCUT2D eigenvalue weighted by atomic mass is 16.2. The zero-order valence-corrected chi connectivity index (χ0v) is 15.7. The third-order valence-electron chi connectivity index (χ3n) is 3.91. The standard InChI is InChI=1S/C14H22N2O3.2C2H6/c1-10-8-15(9-10)12(17)5-3-4-6-16-13(18)7-11(2)14(16)19;2*1-2/h10-11H,3-9H2,1-2H3;2*1-2H3. The summed E-state index contributed by atoms with van der Waals surface area (Å²) < 4.78 is 0. The van der Waals surface area contributed by atoms with Crippen LogP contribution in [-0.4, -0.2) is 47.2 Å². The van der Waals surface area contributed by atoms with Crippen molar-refractivity contribution in [3.63, 3.8) is 0 Å². The van der Waals surface area contributed by atoms with Crippen molar-refractivity contribution in [1.82, 2.24) is 9.80 Å². The fraction of sp³-hybridized carbons (Fsp3) is 0.833. The van der Waals surface area contributed by atoms with E-state index >= 15 is 0 Å². The van der Waals surface area contributed by atoms with Crippen LogP contribution in [0.5, 0.6) is 0 Å². The van der Waals surface area contributed by atoms with E-state index in [2.05, 4.69) is 6.92 Å². The summed E-state index contributed by atoms with van der Waals surface area (Å²) in [5.41, 5.74) is 0. The maximum absolute atomic E-state index is 11.7. The molecule has 1 unspecified atom stereocenters. The van der Waals surface area contributed by atoms with Gasteiger partial charge in [-0.1, -0.05) is 41.5 Å². The largest absolute Gasteiger partial charge is 0.342 e. The second-order valence-corrected chi connectivity index (χ2v) is 5.85. The second-order valence-electron chi connectivity index (χ2n) is 5.85. The first kappa shape index (κ1) is 21.6. The zero-order valence-electron chi connectivity index (χ0n) is 15.7. The Morgan fingerprint density at radius 1 is 1.04 bits per heavy atom. The summed E-state index contributed by atoms with van der Waals surface area (Å²) in [6.07, 6.45) is 2.33. The smallest absolute Gasteiger partial charge is 0.232 e. The number of likely N-dealkylation sites (tertiary alicyclic amines) is 2. The van der Waals surface area contributed by atoms with E-state index in [1.54, 1.807) is 6.92 Å². The van der Waals surface area contributed by atoms with Crippen molar-refractivity contribution in [3.05, 3.63) is 0 Å². The van der Waals surface area contributed by atoms with E-state index in [0.29, 0.717) is 25.3 Å². The number of unbranched alkanes of at least 4 members (excludes halogenated alkanes) is 1. The molecule has 2 rings (SSSR count). The van der Waals surface area contributed by atoms with Gasteiger partial charge in [-0.2, -0.15) is 0 Å². The number of carbonyl (C=O) groups is 3. The Labute approximate surface area is 141 Å². The quantitative estimate of drug-likeness (QED) is 0.576. The molecule has 2 fully saturated rings. The van der Waals surface area contributed by atoms with Crippen LogP contribution in [0.3, 0.4) is 0 Å². The van der Waals surface area contributed by atoms with Gasteiger partial charge in [0.25, 0.3) is 0 Å². The molecular weight excluding hydrogens is 292 g/mol. The number of hydrogen-bond donors (Lipinski definition) is 0. The number of imide groups is 1. The normalized spacial score (nSPS) is 20.3. The molecule has 0 bridgehead atoms. The summed E-state index contributed by atoms with van der Waals surface area (Å²) in [5, 5.41) is 0. The second kappa shape index (κ2) is 11.2. The highest BCUT2D eigenvalue weighted by molar-refractivity contribution is 6.03. The fourth-order valence-corrected chi connectivity index (χ4v) is 2.69. The van der Waals surface area contributed by atoms with Crippen molar-refractivity contribution in [3.8, 4) is 0 Å². The van der Waals surface area contributed by atoms with Crippen molar-refractivity contribution in [2.75, 3.05) is 19.6 Å². The van der Waals surface area contributed by atoms with E-state index < -0.39 is 0 Å². The van der Waals surface area contributed by atoms with Crippen LogP contribution in [0, 0.1) is 11.8 Å². The van der Waals surface area contributed by atoms with Gasteiger partial charge >= 0.3 is 0 Å². The van der Waals surface area contributed by atoms with Crippen LogP contribution in [0.15, 0.2) is 0 Å². The van der Waals surface area contributed by atoms with Crippen LogP contribution in [0.2, 0.25) is 0 Å². The Morgan fingerprint density at radius 3 is 2.04 bits per heavy atom. The molecule has 23 heavy (non-hydrogen) atoms. The summed E-state index contributed by atoms with van der Waals surface area (Å²) in [6.45, 7) is 14.1. The lowest BCUT2D eigenvalue weighted by molar-refractivity contribution is -0.139. The van der Waals surface area contributed by atoms with E-state index in [4.69, 9.17) is 0 Å². The molecule has 0 saturated carbocycles. The Kier molecular flexibility index (Phi) is 10.5. The van der Waals surface area contributed by atoms with Crippen molar-refractivity contribution in [1.29, 1.82) is 0 Å². The molecule has 0 aromatic heterocycles. The molecule has 1 atom stereocenters. The van der Waals surface area contributed by atoms with Gasteiger partial charge in [-0.3, -0.25) is 19.3 Å². The maximum atomic E-state index is 11.7. The van der Waals surface area contributed by atoms with E-state index in [9.17, 15) is 14.4 Å². The van der Waals surface area contributed by atoms with Gasteiger partial charge in [-0.05, 0) is 18.8 Å². The summed E-state index contributed by atoms with van der Waals surface area (Å²) in [4.78, 5) is 38.2. The number of hydrogen-bond acceptors (Lipinski definition) is 3. The summed E-state index contributed by atoms with van der Waals surface area (Å²) >= 11 is 0. The molecule has 0 aliphatic carbocycles. The minimum absolute atomic E-state index is 0.0621.